The van der Waals surface area contributed by atoms with Crippen LogP contribution in [0.3, 0.4) is 0 Å². The van der Waals surface area contributed by atoms with Crippen molar-refractivity contribution < 1.29 is 9.53 Å². The highest BCUT2D eigenvalue weighted by atomic mass is 16.5. The molecule has 0 amide bonds. The summed E-state index contributed by atoms with van der Waals surface area (Å²) in [4.78, 5) is 14.4. The molecule has 0 radical (unpaired) electrons. The Kier molecular flexibility index (Phi) is 6.97. The number of likely N-dealkylation sites (tertiary alicyclic amines) is 1. The molecular formula is C17H32N2O2. The van der Waals surface area contributed by atoms with Gasteiger partial charge in [0.2, 0.25) is 0 Å². The van der Waals surface area contributed by atoms with E-state index in [4.69, 9.17) is 4.74 Å². The zero-order valence-corrected chi connectivity index (χ0v) is 13.8. The monoisotopic (exact) mass is 296 g/mol. The number of esters is 1. The number of carbonyl (C=O) groups is 1. The van der Waals surface area contributed by atoms with Crippen LogP contribution in [-0.4, -0.2) is 49.7 Å². The minimum Gasteiger partial charge on any atom is -0.466 e. The summed E-state index contributed by atoms with van der Waals surface area (Å²) in [5.41, 5.74) is 0. The lowest BCUT2D eigenvalue weighted by Crippen LogP contribution is -2.42. The molecule has 1 saturated heterocycles. The molecule has 0 aromatic rings. The van der Waals surface area contributed by atoms with Gasteiger partial charge in [0.1, 0.15) is 0 Å². The normalized spacial score (nSPS) is 28.5. The van der Waals surface area contributed by atoms with Crippen LogP contribution in [0.5, 0.6) is 0 Å². The maximum Gasteiger partial charge on any atom is 0.308 e. The molecule has 2 unspecified atom stereocenters. The number of rotatable bonds is 6. The number of hydrogen-bond acceptors (Lipinski definition) is 4. The van der Waals surface area contributed by atoms with Crippen LogP contribution in [0.2, 0.25) is 0 Å². The first-order chi connectivity index (χ1) is 10.2. The summed E-state index contributed by atoms with van der Waals surface area (Å²) in [6.07, 6.45) is 6.98. The predicted molar refractivity (Wildman–Crippen MR) is 85.2 cm³/mol. The topological polar surface area (TPSA) is 41.6 Å². The molecule has 0 spiro atoms. The summed E-state index contributed by atoms with van der Waals surface area (Å²) < 4.78 is 5.16. The van der Waals surface area contributed by atoms with Gasteiger partial charge >= 0.3 is 5.97 Å². The molecule has 1 aliphatic heterocycles. The Hall–Kier alpha value is -0.610. The standard InChI is InChI=1S/C17H32N2O2/c1-3-21-17(20)15-5-4-6-16(13-15)18-9-12-19-10-7-14(2)8-11-19/h14-16,18H,3-13H2,1-2H3. The SMILES string of the molecule is CCOC(=O)C1CCCC(NCCN2CCC(C)CC2)C1. The Labute approximate surface area is 129 Å². The van der Waals surface area contributed by atoms with Gasteiger partial charge in [0, 0.05) is 19.1 Å². The molecule has 4 heteroatoms. The van der Waals surface area contributed by atoms with Crippen LogP contribution in [0.25, 0.3) is 0 Å². The third-order valence-corrected chi connectivity index (χ3v) is 5.03. The van der Waals surface area contributed by atoms with Gasteiger partial charge in [0.25, 0.3) is 0 Å². The zero-order chi connectivity index (χ0) is 15.1. The van der Waals surface area contributed by atoms with E-state index in [2.05, 4.69) is 17.1 Å². The molecule has 1 N–H and O–H groups in total. The van der Waals surface area contributed by atoms with Crippen molar-refractivity contribution in [3.63, 3.8) is 0 Å². The summed E-state index contributed by atoms with van der Waals surface area (Å²) in [6.45, 7) is 9.43. The van der Waals surface area contributed by atoms with Gasteiger partial charge in [-0.25, -0.2) is 0 Å². The Morgan fingerprint density at radius 2 is 2.00 bits per heavy atom. The van der Waals surface area contributed by atoms with Gasteiger partial charge in [0.05, 0.1) is 12.5 Å². The second-order valence-electron chi connectivity index (χ2n) is 6.79. The van der Waals surface area contributed by atoms with E-state index in [0.29, 0.717) is 12.6 Å². The Morgan fingerprint density at radius 3 is 2.71 bits per heavy atom. The molecule has 2 aliphatic rings. The van der Waals surface area contributed by atoms with Crippen LogP contribution < -0.4 is 5.32 Å². The van der Waals surface area contributed by atoms with Crippen LogP contribution in [0, 0.1) is 11.8 Å². The largest absolute Gasteiger partial charge is 0.466 e. The first kappa shape index (κ1) is 16.8. The fraction of sp³-hybridized carbons (Fsp3) is 0.941. The average Bonchev–Trinajstić information content (AvgIpc) is 2.50. The average molecular weight is 296 g/mol. The molecule has 1 heterocycles. The van der Waals surface area contributed by atoms with E-state index in [1.54, 1.807) is 0 Å². The van der Waals surface area contributed by atoms with Gasteiger partial charge in [-0.15, -0.1) is 0 Å². The molecule has 0 aromatic carbocycles. The Balaban J connectivity index is 1.62. The van der Waals surface area contributed by atoms with E-state index < -0.39 is 0 Å². The first-order valence-corrected chi connectivity index (χ1v) is 8.81. The highest BCUT2D eigenvalue weighted by Crippen LogP contribution is 2.25. The number of ether oxygens (including phenoxy) is 1. The second-order valence-corrected chi connectivity index (χ2v) is 6.79. The van der Waals surface area contributed by atoms with Crippen molar-refractivity contribution in [2.75, 3.05) is 32.8 Å². The van der Waals surface area contributed by atoms with E-state index >= 15 is 0 Å². The van der Waals surface area contributed by atoms with Crippen LogP contribution in [-0.2, 0) is 9.53 Å². The van der Waals surface area contributed by atoms with Gasteiger partial charge in [0.15, 0.2) is 0 Å². The van der Waals surface area contributed by atoms with Crippen LogP contribution >= 0.6 is 0 Å². The molecular weight excluding hydrogens is 264 g/mol. The zero-order valence-electron chi connectivity index (χ0n) is 13.8. The van der Waals surface area contributed by atoms with Crippen molar-refractivity contribution in [2.24, 2.45) is 11.8 Å². The smallest absolute Gasteiger partial charge is 0.308 e. The van der Waals surface area contributed by atoms with Crippen molar-refractivity contribution >= 4 is 5.97 Å². The Bertz CT molecular complexity index is 314. The maximum atomic E-state index is 11.8. The molecule has 21 heavy (non-hydrogen) atoms. The lowest BCUT2D eigenvalue weighted by molar-refractivity contribution is -0.149. The summed E-state index contributed by atoms with van der Waals surface area (Å²) in [7, 11) is 0. The molecule has 0 aromatic heterocycles. The number of piperidine rings is 1. The lowest BCUT2D eigenvalue weighted by atomic mass is 9.85. The molecule has 4 nitrogen and oxygen atoms in total. The summed E-state index contributed by atoms with van der Waals surface area (Å²) in [5.74, 6) is 1.03. The summed E-state index contributed by atoms with van der Waals surface area (Å²) in [5, 5.41) is 3.66. The highest BCUT2D eigenvalue weighted by Gasteiger charge is 2.28. The number of nitrogens with zero attached hydrogens (tertiary/aromatic N) is 1. The third kappa shape index (κ3) is 5.59. The van der Waals surface area contributed by atoms with Crippen molar-refractivity contribution in [1.29, 1.82) is 0 Å². The van der Waals surface area contributed by atoms with E-state index in [1.165, 1.54) is 32.4 Å². The van der Waals surface area contributed by atoms with Crippen LogP contribution in [0.4, 0.5) is 0 Å². The molecule has 122 valence electrons. The second kappa shape index (κ2) is 8.74. The summed E-state index contributed by atoms with van der Waals surface area (Å²) in [6, 6.07) is 0.497. The molecule has 2 atom stereocenters. The van der Waals surface area contributed by atoms with E-state index in [-0.39, 0.29) is 11.9 Å². The van der Waals surface area contributed by atoms with Crippen molar-refractivity contribution in [3.05, 3.63) is 0 Å². The van der Waals surface area contributed by atoms with Gasteiger partial charge < -0.3 is 15.0 Å². The lowest BCUT2D eigenvalue weighted by Gasteiger charge is -2.32. The third-order valence-electron chi connectivity index (χ3n) is 5.03. The van der Waals surface area contributed by atoms with Gasteiger partial charge in [-0.2, -0.15) is 0 Å². The quantitative estimate of drug-likeness (QED) is 0.764. The minimum absolute atomic E-state index is 0.00835. The first-order valence-electron chi connectivity index (χ1n) is 8.81. The predicted octanol–water partition coefficient (Wildman–Crippen LogP) is 2.43. The maximum absolute atomic E-state index is 11.8. The molecule has 1 aliphatic carbocycles. The molecule has 0 bridgehead atoms. The van der Waals surface area contributed by atoms with Gasteiger partial charge in [-0.3, -0.25) is 4.79 Å². The molecule has 2 rings (SSSR count). The van der Waals surface area contributed by atoms with E-state index in [0.717, 1.165) is 38.3 Å². The number of hydrogen-bond donors (Lipinski definition) is 1. The van der Waals surface area contributed by atoms with Crippen molar-refractivity contribution in [3.8, 4) is 0 Å². The van der Waals surface area contributed by atoms with E-state index in [9.17, 15) is 4.79 Å². The molecule has 1 saturated carbocycles. The fourth-order valence-corrected chi connectivity index (χ4v) is 3.56. The number of carbonyl (C=O) groups excluding carboxylic acids is 1. The molecule has 2 fully saturated rings. The highest BCUT2D eigenvalue weighted by molar-refractivity contribution is 5.72. The van der Waals surface area contributed by atoms with Gasteiger partial charge in [-0.05, 0) is 58.0 Å². The van der Waals surface area contributed by atoms with Crippen molar-refractivity contribution in [1.82, 2.24) is 10.2 Å². The van der Waals surface area contributed by atoms with Crippen LogP contribution in [0.15, 0.2) is 0 Å². The number of nitrogens with one attached hydrogen (secondary N) is 1. The minimum atomic E-state index is 0.00835. The van der Waals surface area contributed by atoms with Crippen LogP contribution in [0.1, 0.15) is 52.4 Å². The summed E-state index contributed by atoms with van der Waals surface area (Å²) >= 11 is 0. The van der Waals surface area contributed by atoms with Crippen molar-refractivity contribution in [2.45, 2.75) is 58.4 Å². The Morgan fingerprint density at radius 1 is 1.24 bits per heavy atom. The van der Waals surface area contributed by atoms with Gasteiger partial charge in [-0.1, -0.05) is 13.3 Å². The fourth-order valence-electron chi connectivity index (χ4n) is 3.56. The van der Waals surface area contributed by atoms with E-state index in [1.807, 2.05) is 6.92 Å².